The molecule has 1 unspecified atom stereocenters. The molecule has 0 aliphatic carbocycles. The van der Waals surface area contributed by atoms with Crippen molar-refractivity contribution in [1.82, 2.24) is 5.32 Å². The Kier molecular flexibility index (Phi) is 12.8. The van der Waals surface area contributed by atoms with Gasteiger partial charge in [-0.1, -0.05) is 38.1 Å². The number of hydrogen-bond donors (Lipinski definition) is 1. The zero-order valence-corrected chi connectivity index (χ0v) is 22.2. The summed E-state index contributed by atoms with van der Waals surface area (Å²) in [6.07, 6.45) is 0.296. The van der Waals surface area contributed by atoms with Crippen molar-refractivity contribution in [2.75, 3.05) is 13.7 Å². The normalized spacial score (nSPS) is 12.1. The highest BCUT2D eigenvalue weighted by Crippen LogP contribution is 2.30. The number of nitrogens with one attached hydrogen (secondary N) is 1. The maximum absolute atomic E-state index is 12.5. The lowest BCUT2D eigenvalue weighted by Crippen LogP contribution is -2.43. The number of ether oxygens (including phenoxy) is 5. The molecule has 2 rings (SSSR count). The largest absolute Gasteiger partial charge is 0.514 e. The van der Waals surface area contributed by atoms with Gasteiger partial charge in [0.15, 0.2) is 11.5 Å². The molecule has 1 N–H and O–H groups in total. The van der Waals surface area contributed by atoms with E-state index in [9.17, 15) is 19.2 Å². The Morgan fingerprint density at radius 1 is 0.842 bits per heavy atom. The molecule has 2 aromatic rings. The molecule has 2 atom stereocenters. The van der Waals surface area contributed by atoms with Crippen molar-refractivity contribution in [3.05, 3.63) is 54.1 Å². The minimum atomic E-state index is -0.869. The first-order valence-electron chi connectivity index (χ1n) is 12.5. The average Bonchev–Trinajstić information content (AvgIpc) is 2.88. The third-order valence-electron chi connectivity index (χ3n) is 5.18. The van der Waals surface area contributed by atoms with Crippen molar-refractivity contribution in [1.29, 1.82) is 0 Å². The van der Waals surface area contributed by atoms with E-state index < -0.39 is 36.2 Å². The molecule has 0 saturated carbocycles. The van der Waals surface area contributed by atoms with E-state index >= 15 is 0 Å². The van der Waals surface area contributed by atoms with Crippen LogP contribution in [-0.4, -0.2) is 49.9 Å². The lowest BCUT2D eigenvalue weighted by molar-refractivity contribution is -0.143. The molecule has 0 aromatic heterocycles. The van der Waals surface area contributed by atoms with Crippen LogP contribution in [0.2, 0.25) is 0 Å². The third kappa shape index (κ3) is 10.6. The summed E-state index contributed by atoms with van der Waals surface area (Å²) >= 11 is 0. The van der Waals surface area contributed by atoms with Crippen LogP contribution in [0, 0.1) is 0 Å². The summed E-state index contributed by atoms with van der Waals surface area (Å²) in [7, 11) is 1.27. The van der Waals surface area contributed by atoms with Gasteiger partial charge in [-0.05, 0) is 56.0 Å². The zero-order valence-electron chi connectivity index (χ0n) is 22.2. The van der Waals surface area contributed by atoms with Gasteiger partial charge in [-0.25, -0.2) is 4.79 Å². The molecule has 2 aromatic carbocycles. The van der Waals surface area contributed by atoms with Gasteiger partial charge in [-0.15, -0.1) is 0 Å². The number of benzene rings is 2. The van der Waals surface area contributed by atoms with Crippen LogP contribution >= 0.6 is 0 Å². The summed E-state index contributed by atoms with van der Waals surface area (Å²) in [5, 5.41) is 3.03. The number of esters is 3. The first kappa shape index (κ1) is 30.3. The van der Waals surface area contributed by atoms with Crippen molar-refractivity contribution in [2.45, 2.75) is 65.0 Å². The Morgan fingerprint density at radius 2 is 1.47 bits per heavy atom. The van der Waals surface area contributed by atoms with Crippen LogP contribution in [0.3, 0.4) is 0 Å². The quantitative estimate of drug-likeness (QED) is 0.214. The van der Waals surface area contributed by atoms with E-state index in [1.54, 1.807) is 49.4 Å². The van der Waals surface area contributed by atoms with Gasteiger partial charge in [0, 0.05) is 19.4 Å². The van der Waals surface area contributed by atoms with E-state index in [4.69, 9.17) is 23.7 Å². The fourth-order valence-corrected chi connectivity index (χ4v) is 3.34. The van der Waals surface area contributed by atoms with E-state index in [1.165, 1.54) is 13.2 Å². The van der Waals surface area contributed by atoms with Gasteiger partial charge < -0.3 is 29.0 Å². The maximum atomic E-state index is 12.5. The summed E-state index contributed by atoms with van der Waals surface area (Å²) in [6.45, 7) is 5.48. The summed E-state index contributed by atoms with van der Waals surface area (Å²) in [4.78, 5) is 48.6. The van der Waals surface area contributed by atoms with E-state index in [-0.39, 0.29) is 37.3 Å². The number of carbonyl (C=O) groups excluding carboxylic acids is 4. The Bertz CT molecular complexity index is 1070. The highest BCUT2D eigenvalue weighted by atomic mass is 16.7. The smallest absolute Gasteiger partial charge is 0.468 e. The summed E-state index contributed by atoms with van der Waals surface area (Å²) in [5.74, 6) is -0.876. The molecule has 10 nitrogen and oxygen atoms in total. The second-order valence-corrected chi connectivity index (χ2v) is 8.51. The van der Waals surface area contributed by atoms with E-state index in [2.05, 4.69) is 5.32 Å². The lowest BCUT2D eigenvalue weighted by Gasteiger charge is -2.20. The zero-order chi connectivity index (χ0) is 27.9. The molecule has 206 valence electrons. The Hall–Kier alpha value is -3.92. The molecule has 0 fully saturated rings. The van der Waals surface area contributed by atoms with Gasteiger partial charge in [0.05, 0.1) is 7.11 Å². The van der Waals surface area contributed by atoms with Crippen LogP contribution in [0.1, 0.15) is 52.0 Å². The number of rotatable bonds is 14. The van der Waals surface area contributed by atoms with Crippen molar-refractivity contribution < 1.29 is 42.9 Å². The number of carbonyl (C=O) groups is 4. The van der Waals surface area contributed by atoms with Crippen molar-refractivity contribution in [2.24, 2.45) is 0 Å². The van der Waals surface area contributed by atoms with Crippen molar-refractivity contribution in [3.8, 4) is 17.2 Å². The second-order valence-electron chi connectivity index (χ2n) is 8.51. The third-order valence-corrected chi connectivity index (χ3v) is 5.18. The molecule has 0 spiro atoms. The molecule has 0 bridgehead atoms. The molecule has 0 radical (unpaired) electrons. The first-order chi connectivity index (χ1) is 18.2. The predicted molar refractivity (Wildman–Crippen MR) is 138 cm³/mol. The molecule has 0 aliphatic rings. The van der Waals surface area contributed by atoms with Gasteiger partial charge in [0.1, 0.15) is 17.9 Å². The highest BCUT2D eigenvalue weighted by Gasteiger charge is 2.23. The Morgan fingerprint density at radius 3 is 2.08 bits per heavy atom. The van der Waals surface area contributed by atoms with Crippen LogP contribution in [-0.2, 0) is 30.3 Å². The Balaban J connectivity index is 2.08. The first-order valence-corrected chi connectivity index (χ1v) is 12.5. The molecular formula is C28H35NO9. The fourth-order valence-electron chi connectivity index (χ4n) is 3.34. The van der Waals surface area contributed by atoms with Gasteiger partial charge >= 0.3 is 24.1 Å². The van der Waals surface area contributed by atoms with Crippen LogP contribution in [0.5, 0.6) is 17.2 Å². The lowest BCUT2D eigenvalue weighted by atomic mass is 10.0. The molecule has 0 saturated heterocycles. The predicted octanol–water partition coefficient (Wildman–Crippen LogP) is 4.38. The molecule has 0 amide bonds. The second kappa shape index (κ2) is 16.0. The van der Waals surface area contributed by atoms with Crippen molar-refractivity contribution >= 4 is 24.1 Å². The summed E-state index contributed by atoms with van der Waals surface area (Å²) < 4.78 is 26.1. The standard InChI is InChI=1S/C28H35NO9/c1-5-10-25(30)37-23-15-14-20(17-24(23)38-26(31)11-6-2)16-22(27(32)34-4)29-18-19(3)35-28(33)36-21-12-8-7-9-13-21/h7-9,12-15,17,19,22,29H,5-6,10-11,16,18H2,1-4H3/t19?,22-/m0/s1. The summed E-state index contributed by atoms with van der Waals surface area (Å²) in [6, 6.07) is 12.4. The van der Waals surface area contributed by atoms with Crippen LogP contribution in [0.15, 0.2) is 48.5 Å². The molecule has 10 heteroatoms. The SMILES string of the molecule is CCCC(=O)Oc1ccc(C[C@H](NCC(C)OC(=O)Oc2ccccc2)C(=O)OC)cc1OC(=O)CCC. The van der Waals surface area contributed by atoms with E-state index in [1.807, 2.05) is 13.8 Å². The van der Waals surface area contributed by atoms with Gasteiger partial charge in [-0.2, -0.15) is 0 Å². The fraction of sp³-hybridized carbons (Fsp3) is 0.429. The molecule has 38 heavy (non-hydrogen) atoms. The minimum absolute atomic E-state index is 0.0920. The van der Waals surface area contributed by atoms with Gasteiger partial charge in [0.2, 0.25) is 0 Å². The topological polar surface area (TPSA) is 126 Å². The van der Waals surface area contributed by atoms with Crippen LogP contribution < -0.4 is 19.5 Å². The molecule has 0 heterocycles. The van der Waals surface area contributed by atoms with Crippen LogP contribution in [0.4, 0.5) is 4.79 Å². The van der Waals surface area contributed by atoms with Crippen LogP contribution in [0.25, 0.3) is 0 Å². The van der Waals surface area contributed by atoms with E-state index in [0.717, 1.165) is 0 Å². The minimum Gasteiger partial charge on any atom is -0.468 e. The summed E-state index contributed by atoms with van der Waals surface area (Å²) in [5.41, 5.74) is 0.625. The number of hydrogen-bond acceptors (Lipinski definition) is 10. The highest BCUT2D eigenvalue weighted by molar-refractivity contribution is 5.77. The van der Waals surface area contributed by atoms with Gasteiger partial charge in [0.25, 0.3) is 0 Å². The number of methoxy groups -OCH3 is 1. The average molecular weight is 530 g/mol. The number of para-hydroxylation sites is 1. The molecular weight excluding hydrogens is 494 g/mol. The maximum Gasteiger partial charge on any atom is 0.514 e. The monoisotopic (exact) mass is 529 g/mol. The molecule has 0 aliphatic heterocycles. The van der Waals surface area contributed by atoms with Gasteiger partial charge in [-0.3, -0.25) is 14.4 Å². The Labute approximate surface area is 222 Å². The van der Waals surface area contributed by atoms with Crippen molar-refractivity contribution in [3.63, 3.8) is 0 Å². The van der Waals surface area contributed by atoms with E-state index in [0.29, 0.717) is 24.2 Å².